The van der Waals surface area contributed by atoms with Gasteiger partial charge in [-0.3, -0.25) is 9.10 Å². The number of amides is 1. The molecule has 0 aliphatic rings. The van der Waals surface area contributed by atoms with Crippen LogP contribution in [0.4, 0.5) is 5.69 Å². The van der Waals surface area contributed by atoms with Crippen molar-refractivity contribution in [3.05, 3.63) is 90.0 Å². The monoisotopic (exact) mass is 438 g/mol. The average molecular weight is 439 g/mol. The van der Waals surface area contributed by atoms with Crippen molar-refractivity contribution in [3.8, 4) is 11.5 Å². The zero-order chi connectivity index (χ0) is 22.4. The van der Waals surface area contributed by atoms with Gasteiger partial charge in [0, 0.05) is 13.6 Å². The van der Waals surface area contributed by atoms with Crippen molar-refractivity contribution < 1.29 is 17.9 Å². The molecule has 3 aromatic carbocycles. The molecule has 162 valence electrons. The van der Waals surface area contributed by atoms with Gasteiger partial charge in [0.25, 0.3) is 0 Å². The molecule has 0 fully saturated rings. The first-order valence-corrected chi connectivity index (χ1v) is 11.7. The second-order valence-electron chi connectivity index (χ2n) is 7.41. The second kappa shape index (κ2) is 9.66. The van der Waals surface area contributed by atoms with E-state index in [1.54, 1.807) is 31.3 Å². The summed E-state index contributed by atoms with van der Waals surface area (Å²) < 4.78 is 31.6. The summed E-state index contributed by atoms with van der Waals surface area (Å²) >= 11 is 0. The van der Waals surface area contributed by atoms with Gasteiger partial charge in [0.1, 0.15) is 18.0 Å². The third kappa shape index (κ3) is 6.33. The van der Waals surface area contributed by atoms with Crippen LogP contribution in [-0.2, 0) is 21.4 Å². The Hall–Kier alpha value is -3.32. The first-order valence-electron chi connectivity index (χ1n) is 9.82. The number of aryl methyl sites for hydroxylation is 1. The molecule has 0 N–H and O–H groups in total. The van der Waals surface area contributed by atoms with Crippen LogP contribution in [0.3, 0.4) is 0 Å². The predicted molar refractivity (Wildman–Crippen MR) is 123 cm³/mol. The minimum Gasteiger partial charge on any atom is -0.457 e. The average Bonchev–Trinajstić information content (AvgIpc) is 2.74. The number of likely N-dealkylation sites (N-methyl/N-ethyl adjacent to an activating group) is 1. The summed E-state index contributed by atoms with van der Waals surface area (Å²) in [6.45, 7) is 2.12. The lowest BCUT2D eigenvalue weighted by atomic mass is 10.1. The zero-order valence-corrected chi connectivity index (χ0v) is 18.7. The number of sulfonamides is 1. The standard InChI is InChI=1S/C24H26N2O4S/c1-19-9-11-20(12-10-19)17-25(2)24(27)18-26(31(3,28)29)21-13-15-23(16-14-21)30-22-7-5-4-6-8-22/h4-16H,17-18H2,1-3H3. The number of nitrogens with zero attached hydrogens (tertiary/aromatic N) is 2. The van der Waals surface area contributed by atoms with E-state index in [0.29, 0.717) is 23.7 Å². The van der Waals surface area contributed by atoms with Crippen molar-refractivity contribution in [1.82, 2.24) is 4.90 Å². The topological polar surface area (TPSA) is 66.9 Å². The molecule has 0 aromatic heterocycles. The third-order valence-electron chi connectivity index (χ3n) is 4.75. The van der Waals surface area contributed by atoms with Crippen LogP contribution in [0.15, 0.2) is 78.9 Å². The summed E-state index contributed by atoms with van der Waals surface area (Å²) in [5, 5.41) is 0. The summed E-state index contributed by atoms with van der Waals surface area (Å²) in [4.78, 5) is 14.3. The van der Waals surface area contributed by atoms with E-state index >= 15 is 0 Å². The molecule has 0 radical (unpaired) electrons. The van der Waals surface area contributed by atoms with Crippen molar-refractivity contribution in [1.29, 1.82) is 0 Å². The number of para-hydroxylation sites is 1. The summed E-state index contributed by atoms with van der Waals surface area (Å²) in [5.74, 6) is 0.963. The van der Waals surface area contributed by atoms with Crippen LogP contribution in [0.25, 0.3) is 0 Å². The molecule has 0 bridgehead atoms. The minimum absolute atomic E-state index is 0.278. The maximum Gasteiger partial charge on any atom is 0.243 e. The Balaban J connectivity index is 1.71. The predicted octanol–water partition coefficient (Wildman–Crippen LogP) is 4.21. The van der Waals surface area contributed by atoms with E-state index in [0.717, 1.165) is 21.7 Å². The van der Waals surface area contributed by atoms with E-state index in [1.165, 1.54) is 4.90 Å². The smallest absolute Gasteiger partial charge is 0.243 e. The number of hydrogen-bond donors (Lipinski definition) is 0. The summed E-state index contributed by atoms with van der Waals surface area (Å²) in [5.41, 5.74) is 2.52. The van der Waals surface area contributed by atoms with Gasteiger partial charge in [-0.05, 0) is 48.9 Å². The van der Waals surface area contributed by atoms with E-state index in [4.69, 9.17) is 4.74 Å². The Morgan fingerprint density at radius 1 is 0.871 bits per heavy atom. The molecule has 1 amide bonds. The lowest BCUT2D eigenvalue weighted by Crippen LogP contribution is -2.41. The van der Waals surface area contributed by atoms with Crippen LogP contribution in [0, 0.1) is 6.92 Å². The van der Waals surface area contributed by atoms with Crippen LogP contribution in [0.5, 0.6) is 11.5 Å². The SMILES string of the molecule is Cc1ccc(CN(C)C(=O)CN(c2ccc(Oc3ccccc3)cc2)S(C)(=O)=O)cc1. The molecule has 0 unspecified atom stereocenters. The van der Waals surface area contributed by atoms with E-state index < -0.39 is 10.0 Å². The van der Waals surface area contributed by atoms with Crippen LogP contribution < -0.4 is 9.04 Å². The molecule has 31 heavy (non-hydrogen) atoms. The van der Waals surface area contributed by atoms with Crippen molar-refractivity contribution >= 4 is 21.6 Å². The molecule has 0 heterocycles. The lowest BCUT2D eigenvalue weighted by Gasteiger charge is -2.25. The van der Waals surface area contributed by atoms with Crippen molar-refractivity contribution in [2.24, 2.45) is 0 Å². The van der Waals surface area contributed by atoms with E-state index in [2.05, 4.69) is 0 Å². The number of anilines is 1. The number of hydrogen-bond acceptors (Lipinski definition) is 4. The van der Waals surface area contributed by atoms with Gasteiger partial charge in [-0.1, -0.05) is 48.0 Å². The molecular formula is C24H26N2O4S. The fourth-order valence-corrected chi connectivity index (χ4v) is 3.85. The van der Waals surface area contributed by atoms with Gasteiger partial charge in [-0.25, -0.2) is 8.42 Å². The van der Waals surface area contributed by atoms with Gasteiger partial charge in [-0.2, -0.15) is 0 Å². The highest BCUT2D eigenvalue weighted by Crippen LogP contribution is 2.25. The molecule has 0 spiro atoms. The first kappa shape index (κ1) is 22.4. The molecule has 0 saturated carbocycles. The van der Waals surface area contributed by atoms with E-state index in [1.807, 2.05) is 61.5 Å². The van der Waals surface area contributed by atoms with Crippen LogP contribution in [-0.4, -0.2) is 39.1 Å². The maximum absolute atomic E-state index is 12.7. The first-order chi connectivity index (χ1) is 14.7. The fraction of sp³-hybridized carbons (Fsp3) is 0.208. The molecule has 7 heteroatoms. The second-order valence-corrected chi connectivity index (χ2v) is 9.32. The lowest BCUT2D eigenvalue weighted by molar-refractivity contribution is -0.128. The van der Waals surface area contributed by atoms with Crippen molar-refractivity contribution in [3.63, 3.8) is 0 Å². The molecule has 0 atom stereocenters. The molecule has 3 aromatic rings. The number of ether oxygens (including phenoxy) is 1. The summed E-state index contributed by atoms with van der Waals surface area (Å²) in [6.07, 6.45) is 1.09. The molecule has 0 aliphatic carbocycles. The Morgan fingerprint density at radius 2 is 1.45 bits per heavy atom. The number of carbonyl (C=O) groups excluding carboxylic acids is 1. The van der Waals surface area contributed by atoms with Crippen LogP contribution in [0.1, 0.15) is 11.1 Å². The molecule has 6 nitrogen and oxygen atoms in total. The highest BCUT2D eigenvalue weighted by Gasteiger charge is 2.23. The molecular weight excluding hydrogens is 412 g/mol. The van der Waals surface area contributed by atoms with Gasteiger partial charge in [0.15, 0.2) is 0 Å². The Labute approximate surface area is 183 Å². The molecule has 3 rings (SSSR count). The largest absolute Gasteiger partial charge is 0.457 e. The minimum atomic E-state index is -3.65. The van der Waals surface area contributed by atoms with Crippen molar-refractivity contribution in [2.45, 2.75) is 13.5 Å². The highest BCUT2D eigenvalue weighted by atomic mass is 32.2. The number of benzene rings is 3. The Bertz CT molecular complexity index is 1110. The number of carbonyl (C=O) groups is 1. The quantitative estimate of drug-likeness (QED) is 0.528. The van der Waals surface area contributed by atoms with Crippen molar-refractivity contribution in [2.75, 3.05) is 24.2 Å². The normalized spacial score (nSPS) is 11.1. The summed E-state index contributed by atoms with van der Waals surface area (Å²) in [7, 11) is -1.99. The highest BCUT2D eigenvalue weighted by molar-refractivity contribution is 7.92. The molecule has 0 aliphatic heterocycles. The Kier molecular flexibility index (Phi) is 6.97. The third-order valence-corrected chi connectivity index (χ3v) is 5.89. The van der Waals surface area contributed by atoms with E-state index in [9.17, 15) is 13.2 Å². The number of rotatable bonds is 8. The Morgan fingerprint density at radius 3 is 2.03 bits per heavy atom. The van der Waals surface area contributed by atoms with Crippen LogP contribution in [0.2, 0.25) is 0 Å². The van der Waals surface area contributed by atoms with Gasteiger partial charge < -0.3 is 9.64 Å². The van der Waals surface area contributed by atoms with E-state index in [-0.39, 0.29) is 12.5 Å². The van der Waals surface area contributed by atoms with Gasteiger partial charge in [0.2, 0.25) is 15.9 Å². The van der Waals surface area contributed by atoms with Gasteiger partial charge >= 0.3 is 0 Å². The zero-order valence-electron chi connectivity index (χ0n) is 17.9. The maximum atomic E-state index is 12.7. The molecule has 0 saturated heterocycles. The summed E-state index contributed by atoms with van der Waals surface area (Å²) in [6, 6.07) is 23.8. The van der Waals surface area contributed by atoms with Gasteiger partial charge in [-0.15, -0.1) is 0 Å². The van der Waals surface area contributed by atoms with Crippen LogP contribution >= 0.6 is 0 Å². The fourth-order valence-electron chi connectivity index (χ4n) is 3.00. The van der Waals surface area contributed by atoms with Gasteiger partial charge in [0.05, 0.1) is 11.9 Å².